The van der Waals surface area contributed by atoms with Crippen LogP contribution in [0.25, 0.3) is 104 Å². The summed E-state index contributed by atoms with van der Waals surface area (Å²) in [6.45, 7) is 0. The second-order valence-electron chi connectivity index (χ2n) is 13.4. The fraction of sp³-hybridized carbons (Fsp3) is 0. The summed E-state index contributed by atoms with van der Waals surface area (Å²) >= 11 is 0. The van der Waals surface area contributed by atoms with Crippen molar-refractivity contribution in [3.63, 3.8) is 0 Å². The van der Waals surface area contributed by atoms with Gasteiger partial charge >= 0.3 is 0 Å². The molecule has 0 radical (unpaired) electrons. The minimum atomic E-state index is 0.726. The average molecular weight is 648 g/mol. The first-order chi connectivity index (χ1) is 25.3. The fourth-order valence-corrected chi connectivity index (χ4v) is 8.26. The van der Waals surface area contributed by atoms with Crippen LogP contribution in [0.4, 0.5) is 0 Å². The van der Waals surface area contributed by atoms with E-state index in [-0.39, 0.29) is 0 Å². The van der Waals surface area contributed by atoms with Crippen LogP contribution >= 0.6 is 0 Å². The summed E-state index contributed by atoms with van der Waals surface area (Å²) < 4.78 is 2.42. The Morgan fingerprint density at radius 3 is 1.88 bits per heavy atom. The third kappa shape index (κ3) is 4.19. The van der Waals surface area contributed by atoms with Crippen LogP contribution in [0.2, 0.25) is 0 Å². The Morgan fingerprint density at radius 1 is 0.373 bits per heavy atom. The summed E-state index contributed by atoms with van der Waals surface area (Å²) in [4.78, 5) is 10.8. The maximum atomic E-state index is 5.44. The largest absolute Gasteiger partial charge is 0.309 e. The van der Waals surface area contributed by atoms with Crippen LogP contribution in [0, 0.1) is 0 Å². The highest BCUT2D eigenvalue weighted by molar-refractivity contribution is 6.25. The summed E-state index contributed by atoms with van der Waals surface area (Å²) in [6, 6.07) is 63.1. The molecule has 0 aliphatic rings. The number of fused-ring (bicyclic) bond motifs is 11. The van der Waals surface area contributed by atoms with Gasteiger partial charge in [0.05, 0.1) is 22.2 Å². The Hall–Kier alpha value is -6.84. The molecule has 51 heavy (non-hydrogen) atoms. The second kappa shape index (κ2) is 10.8. The van der Waals surface area contributed by atoms with Crippen molar-refractivity contribution < 1.29 is 0 Å². The van der Waals surface area contributed by atoms with Gasteiger partial charge in [-0.15, -0.1) is 0 Å². The highest BCUT2D eigenvalue weighted by Gasteiger charge is 2.20. The Labute approximate surface area is 293 Å². The molecule has 9 aromatic carbocycles. The molecule has 0 saturated heterocycles. The smallest absolute Gasteiger partial charge is 0.161 e. The van der Waals surface area contributed by atoms with E-state index in [0.717, 1.165) is 60.9 Å². The summed E-state index contributed by atoms with van der Waals surface area (Å²) in [5, 5.41) is 13.2. The lowest BCUT2D eigenvalue weighted by Gasteiger charge is -2.14. The quantitative estimate of drug-likeness (QED) is 0.179. The molecule has 0 atom stereocenters. The van der Waals surface area contributed by atoms with Crippen molar-refractivity contribution >= 4 is 75.8 Å². The number of aromatic nitrogens is 3. The van der Waals surface area contributed by atoms with Crippen LogP contribution in [0.15, 0.2) is 176 Å². The van der Waals surface area contributed by atoms with Gasteiger partial charge in [0.15, 0.2) is 5.82 Å². The molecule has 11 aromatic rings. The maximum Gasteiger partial charge on any atom is 0.161 e. The lowest BCUT2D eigenvalue weighted by atomic mass is 9.97. The number of nitrogens with zero attached hydrogens (tertiary/aromatic N) is 3. The van der Waals surface area contributed by atoms with Gasteiger partial charge in [-0.25, -0.2) is 9.97 Å². The highest BCUT2D eigenvalue weighted by atomic mass is 15.0. The van der Waals surface area contributed by atoms with E-state index >= 15 is 0 Å². The minimum absolute atomic E-state index is 0.726. The number of para-hydroxylation sites is 1. The Kier molecular flexibility index (Phi) is 5.96. The van der Waals surface area contributed by atoms with Crippen molar-refractivity contribution in [2.24, 2.45) is 0 Å². The molecule has 0 saturated carbocycles. The van der Waals surface area contributed by atoms with Crippen molar-refractivity contribution in [2.75, 3.05) is 0 Å². The summed E-state index contributed by atoms with van der Waals surface area (Å²) in [5.41, 5.74) is 7.46. The molecule has 0 spiro atoms. The van der Waals surface area contributed by atoms with Crippen molar-refractivity contribution in [2.45, 2.75) is 0 Å². The van der Waals surface area contributed by atoms with Crippen LogP contribution in [-0.4, -0.2) is 14.5 Å². The van der Waals surface area contributed by atoms with E-state index in [4.69, 9.17) is 9.97 Å². The molecule has 0 N–H and O–H groups in total. The molecule has 0 amide bonds. The van der Waals surface area contributed by atoms with E-state index in [0.29, 0.717) is 0 Å². The number of rotatable bonds is 3. The standard InChI is InChI=1S/C48H29N3/c1-2-13-34(14-3-1)47-45-37-17-7-5-12-31(37)24-27-41(45)49-48(50-47)39-19-10-15-33-25-28-43-46(44(33)39)38-18-8-9-20-42(38)51(43)35-26-23-32-22-21-30-11-4-6-16-36(30)40(32)29-35/h1-29H. The predicted octanol–water partition coefficient (Wildman–Crippen LogP) is 12.7. The molecule has 11 rings (SSSR count). The first kappa shape index (κ1) is 28.0. The Bertz CT molecular complexity index is 3190. The van der Waals surface area contributed by atoms with E-state index in [2.05, 4.69) is 180 Å². The lowest BCUT2D eigenvalue weighted by Crippen LogP contribution is -1.97. The van der Waals surface area contributed by atoms with Gasteiger partial charge in [-0.05, 0) is 68.0 Å². The third-order valence-electron chi connectivity index (χ3n) is 10.5. The first-order valence-electron chi connectivity index (χ1n) is 17.4. The summed E-state index contributed by atoms with van der Waals surface area (Å²) in [6.07, 6.45) is 0. The molecule has 0 bridgehead atoms. The lowest BCUT2D eigenvalue weighted by molar-refractivity contribution is 1.19. The van der Waals surface area contributed by atoms with Crippen molar-refractivity contribution in [1.82, 2.24) is 14.5 Å². The van der Waals surface area contributed by atoms with E-state index < -0.39 is 0 Å². The molecule has 236 valence electrons. The molecule has 0 aliphatic carbocycles. The molecule has 2 aromatic heterocycles. The molecular formula is C48H29N3. The van der Waals surface area contributed by atoms with Gasteiger partial charge in [0.25, 0.3) is 0 Å². The zero-order valence-corrected chi connectivity index (χ0v) is 27.6. The van der Waals surface area contributed by atoms with Gasteiger partial charge in [-0.2, -0.15) is 0 Å². The SMILES string of the molecule is c1ccc(-c2nc(-c3cccc4ccc5c(c6ccccc6n5-c5ccc6ccc7ccccc7c6c5)c34)nc3ccc4ccccc4c23)cc1. The number of benzene rings is 9. The zero-order chi connectivity index (χ0) is 33.5. The van der Waals surface area contributed by atoms with Gasteiger partial charge in [0, 0.05) is 38.4 Å². The zero-order valence-electron chi connectivity index (χ0n) is 27.6. The minimum Gasteiger partial charge on any atom is -0.309 e. The van der Waals surface area contributed by atoms with E-state index in [1.807, 2.05) is 0 Å². The van der Waals surface area contributed by atoms with Gasteiger partial charge in [0.1, 0.15) is 0 Å². The summed E-state index contributed by atoms with van der Waals surface area (Å²) in [5.74, 6) is 0.726. The average Bonchev–Trinajstić information content (AvgIpc) is 3.55. The van der Waals surface area contributed by atoms with Crippen molar-refractivity contribution in [1.29, 1.82) is 0 Å². The summed E-state index contributed by atoms with van der Waals surface area (Å²) in [7, 11) is 0. The van der Waals surface area contributed by atoms with Crippen molar-refractivity contribution in [3.05, 3.63) is 176 Å². The van der Waals surface area contributed by atoms with Crippen LogP contribution in [0.5, 0.6) is 0 Å². The van der Waals surface area contributed by atoms with Gasteiger partial charge in [0.2, 0.25) is 0 Å². The Balaban J connectivity index is 1.23. The highest BCUT2D eigenvalue weighted by Crippen LogP contribution is 2.42. The van der Waals surface area contributed by atoms with Gasteiger partial charge < -0.3 is 4.57 Å². The third-order valence-corrected chi connectivity index (χ3v) is 10.5. The molecule has 0 unspecified atom stereocenters. The van der Waals surface area contributed by atoms with E-state index in [1.165, 1.54) is 43.2 Å². The van der Waals surface area contributed by atoms with Gasteiger partial charge in [-0.3, -0.25) is 0 Å². The number of hydrogen-bond acceptors (Lipinski definition) is 2. The normalized spacial score (nSPS) is 11.9. The van der Waals surface area contributed by atoms with E-state index in [9.17, 15) is 0 Å². The topological polar surface area (TPSA) is 30.7 Å². The Morgan fingerprint density at radius 2 is 1.02 bits per heavy atom. The van der Waals surface area contributed by atoms with Crippen LogP contribution in [0.1, 0.15) is 0 Å². The number of hydrogen-bond donors (Lipinski definition) is 0. The molecule has 0 fully saturated rings. The first-order valence-corrected chi connectivity index (χ1v) is 17.4. The molecule has 3 heteroatoms. The predicted molar refractivity (Wildman–Crippen MR) is 215 cm³/mol. The van der Waals surface area contributed by atoms with Crippen LogP contribution in [0.3, 0.4) is 0 Å². The monoisotopic (exact) mass is 647 g/mol. The molecular weight excluding hydrogens is 619 g/mol. The maximum absolute atomic E-state index is 5.44. The van der Waals surface area contributed by atoms with Crippen LogP contribution < -0.4 is 0 Å². The van der Waals surface area contributed by atoms with Crippen LogP contribution in [-0.2, 0) is 0 Å². The second-order valence-corrected chi connectivity index (χ2v) is 13.4. The van der Waals surface area contributed by atoms with E-state index in [1.54, 1.807) is 0 Å². The molecule has 3 nitrogen and oxygen atoms in total. The van der Waals surface area contributed by atoms with Crippen molar-refractivity contribution in [3.8, 4) is 28.3 Å². The van der Waals surface area contributed by atoms with Gasteiger partial charge in [-0.1, -0.05) is 146 Å². The fourth-order valence-electron chi connectivity index (χ4n) is 8.26. The molecule has 0 aliphatic heterocycles. The molecule has 2 heterocycles.